The number of carbonyl (C=O) groups excluding carboxylic acids is 3. The van der Waals surface area contributed by atoms with Crippen molar-refractivity contribution in [3.8, 4) is 0 Å². The van der Waals surface area contributed by atoms with Crippen molar-refractivity contribution in [1.82, 2.24) is 10.2 Å². The molecule has 0 fully saturated rings. The fourth-order valence-corrected chi connectivity index (χ4v) is 1.48. The quantitative estimate of drug-likeness (QED) is 0.607. The highest BCUT2D eigenvalue weighted by atomic mass is 16.2. The summed E-state index contributed by atoms with van der Waals surface area (Å²) < 4.78 is 0. The van der Waals surface area contributed by atoms with Crippen LogP contribution < -0.4 is 10.6 Å². The largest absolute Gasteiger partial charge is 0.347 e. The Bertz CT molecular complexity index is 512. The van der Waals surface area contributed by atoms with Gasteiger partial charge in [0.2, 0.25) is 0 Å². The van der Waals surface area contributed by atoms with Crippen molar-refractivity contribution in [2.24, 2.45) is 0 Å². The first-order valence-electron chi connectivity index (χ1n) is 6.25. The Morgan fingerprint density at radius 1 is 1.15 bits per heavy atom. The van der Waals surface area contributed by atoms with Gasteiger partial charge in [-0.3, -0.25) is 14.4 Å². The normalized spacial score (nSPS) is 10.2. The zero-order valence-corrected chi connectivity index (χ0v) is 11.9. The molecule has 108 valence electrons. The summed E-state index contributed by atoms with van der Waals surface area (Å²) in [7, 11) is 3.75. The molecule has 6 nitrogen and oxygen atoms in total. The average Bonchev–Trinajstić information content (AvgIpc) is 2.38. The van der Waals surface area contributed by atoms with Crippen LogP contribution in [0.15, 0.2) is 24.3 Å². The van der Waals surface area contributed by atoms with Crippen LogP contribution in [0.2, 0.25) is 0 Å². The Labute approximate surface area is 118 Å². The topological polar surface area (TPSA) is 78.5 Å². The van der Waals surface area contributed by atoms with E-state index in [1.807, 2.05) is 19.0 Å². The average molecular weight is 277 g/mol. The minimum Gasteiger partial charge on any atom is -0.347 e. The summed E-state index contributed by atoms with van der Waals surface area (Å²) in [5, 5.41) is 4.97. The van der Waals surface area contributed by atoms with Gasteiger partial charge in [0, 0.05) is 24.3 Å². The predicted octanol–water partition coefficient (Wildman–Crippen LogP) is 0.505. The van der Waals surface area contributed by atoms with Crippen LogP contribution >= 0.6 is 0 Å². The lowest BCUT2D eigenvalue weighted by Crippen LogP contribution is -2.38. The summed E-state index contributed by atoms with van der Waals surface area (Å²) in [5.41, 5.74) is 0.904. The molecule has 0 aromatic heterocycles. The number of hydrogen-bond acceptors (Lipinski definition) is 4. The fraction of sp³-hybridized carbons (Fsp3) is 0.357. The molecule has 0 saturated carbocycles. The second-order valence-electron chi connectivity index (χ2n) is 4.65. The molecular formula is C14H19N3O3. The van der Waals surface area contributed by atoms with Gasteiger partial charge in [-0.2, -0.15) is 0 Å². The van der Waals surface area contributed by atoms with Crippen molar-refractivity contribution >= 4 is 23.3 Å². The number of ketones is 1. The summed E-state index contributed by atoms with van der Waals surface area (Å²) >= 11 is 0. The van der Waals surface area contributed by atoms with E-state index in [0.29, 0.717) is 24.3 Å². The molecule has 2 N–H and O–H groups in total. The van der Waals surface area contributed by atoms with Crippen LogP contribution in [0.4, 0.5) is 5.69 Å². The molecule has 0 aliphatic rings. The maximum absolute atomic E-state index is 11.6. The lowest BCUT2D eigenvalue weighted by molar-refractivity contribution is -0.136. The SMILES string of the molecule is CC(=O)c1cccc(NC(=O)C(=O)NCCN(C)C)c1. The summed E-state index contributed by atoms with van der Waals surface area (Å²) in [6, 6.07) is 6.45. The second-order valence-corrected chi connectivity index (χ2v) is 4.65. The van der Waals surface area contributed by atoms with Crippen molar-refractivity contribution in [3.05, 3.63) is 29.8 Å². The highest BCUT2D eigenvalue weighted by Crippen LogP contribution is 2.10. The summed E-state index contributed by atoms with van der Waals surface area (Å²) in [6.07, 6.45) is 0. The number of benzene rings is 1. The van der Waals surface area contributed by atoms with Crippen LogP contribution in [0.3, 0.4) is 0 Å². The van der Waals surface area contributed by atoms with Gasteiger partial charge in [0.25, 0.3) is 0 Å². The number of nitrogens with one attached hydrogen (secondary N) is 2. The van der Waals surface area contributed by atoms with Gasteiger partial charge in [0.05, 0.1) is 0 Å². The molecule has 0 saturated heterocycles. The summed E-state index contributed by atoms with van der Waals surface area (Å²) in [6.45, 7) is 2.49. The van der Waals surface area contributed by atoms with E-state index in [9.17, 15) is 14.4 Å². The molecule has 1 aromatic rings. The van der Waals surface area contributed by atoms with E-state index in [2.05, 4.69) is 10.6 Å². The van der Waals surface area contributed by atoms with E-state index >= 15 is 0 Å². The molecule has 0 aliphatic heterocycles. The van der Waals surface area contributed by atoms with E-state index < -0.39 is 11.8 Å². The highest BCUT2D eigenvalue weighted by molar-refractivity contribution is 6.39. The number of hydrogen-bond donors (Lipinski definition) is 2. The molecule has 0 aliphatic carbocycles. The minimum absolute atomic E-state index is 0.100. The zero-order chi connectivity index (χ0) is 15.1. The fourth-order valence-electron chi connectivity index (χ4n) is 1.48. The van der Waals surface area contributed by atoms with Crippen molar-refractivity contribution in [2.75, 3.05) is 32.5 Å². The third kappa shape index (κ3) is 5.19. The maximum Gasteiger partial charge on any atom is 0.313 e. The molecule has 6 heteroatoms. The van der Waals surface area contributed by atoms with E-state index in [0.717, 1.165) is 0 Å². The standard InChI is InChI=1S/C14H19N3O3/c1-10(18)11-5-4-6-12(9-11)16-14(20)13(19)15-7-8-17(2)3/h4-6,9H,7-8H2,1-3H3,(H,15,19)(H,16,20). The first-order valence-corrected chi connectivity index (χ1v) is 6.25. The van der Waals surface area contributed by atoms with Crippen LogP contribution in [-0.4, -0.2) is 49.7 Å². The molecular weight excluding hydrogens is 258 g/mol. The molecule has 20 heavy (non-hydrogen) atoms. The number of amides is 2. The monoisotopic (exact) mass is 277 g/mol. The van der Waals surface area contributed by atoms with Gasteiger partial charge >= 0.3 is 11.8 Å². The lowest BCUT2D eigenvalue weighted by atomic mass is 10.1. The van der Waals surface area contributed by atoms with E-state index in [1.165, 1.54) is 13.0 Å². The Hall–Kier alpha value is -2.21. The molecule has 0 radical (unpaired) electrons. The molecule has 0 atom stereocenters. The first kappa shape index (κ1) is 15.8. The third-order valence-corrected chi connectivity index (χ3v) is 2.58. The van der Waals surface area contributed by atoms with Crippen LogP contribution in [-0.2, 0) is 9.59 Å². The molecule has 1 aromatic carbocycles. The van der Waals surface area contributed by atoms with Crippen LogP contribution in [0.5, 0.6) is 0 Å². The molecule has 0 unspecified atom stereocenters. The Morgan fingerprint density at radius 3 is 2.45 bits per heavy atom. The number of likely N-dealkylation sites (N-methyl/N-ethyl adjacent to an activating group) is 1. The Morgan fingerprint density at radius 2 is 1.85 bits per heavy atom. The van der Waals surface area contributed by atoms with Gasteiger partial charge < -0.3 is 15.5 Å². The smallest absolute Gasteiger partial charge is 0.313 e. The van der Waals surface area contributed by atoms with Crippen LogP contribution in [0.1, 0.15) is 17.3 Å². The molecule has 0 spiro atoms. The van der Waals surface area contributed by atoms with E-state index in [-0.39, 0.29) is 5.78 Å². The number of anilines is 1. The number of nitrogens with zero attached hydrogens (tertiary/aromatic N) is 1. The van der Waals surface area contributed by atoms with Crippen LogP contribution in [0.25, 0.3) is 0 Å². The maximum atomic E-state index is 11.6. The Kier molecular flexibility index (Phi) is 5.86. The lowest BCUT2D eigenvalue weighted by Gasteiger charge is -2.10. The van der Waals surface area contributed by atoms with Gasteiger partial charge in [-0.25, -0.2) is 0 Å². The minimum atomic E-state index is -0.746. The number of carbonyl (C=O) groups is 3. The highest BCUT2D eigenvalue weighted by Gasteiger charge is 2.13. The van der Waals surface area contributed by atoms with Gasteiger partial charge in [-0.1, -0.05) is 12.1 Å². The van der Waals surface area contributed by atoms with Gasteiger partial charge in [-0.05, 0) is 33.2 Å². The summed E-state index contributed by atoms with van der Waals surface area (Å²) in [4.78, 5) is 36.3. The molecule has 1 rings (SSSR count). The van der Waals surface area contributed by atoms with E-state index in [4.69, 9.17) is 0 Å². The van der Waals surface area contributed by atoms with Gasteiger partial charge in [-0.15, -0.1) is 0 Å². The van der Waals surface area contributed by atoms with Crippen molar-refractivity contribution < 1.29 is 14.4 Å². The third-order valence-electron chi connectivity index (χ3n) is 2.58. The number of Topliss-reactive ketones (excluding diaryl/α,β-unsaturated/α-hetero) is 1. The molecule has 0 heterocycles. The van der Waals surface area contributed by atoms with Crippen LogP contribution in [0, 0.1) is 0 Å². The van der Waals surface area contributed by atoms with Crippen molar-refractivity contribution in [3.63, 3.8) is 0 Å². The summed E-state index contributed by atoms with van der Waals surface area (Å²) in [5.74, 6) is -1.54. The first-order chi connectivity index (χ1) is 9.40. The van der Waals surface area contributed by atoms with Gasteiger partial charge in [0.15, 0.2) is 5.78 Å². The predicted molar refractivity (Wildman–Crippen MR) is 76.6 cm³/mol. The van der Waals surface area contributed by atoms with E-state index in [1.54, 1.807) is 18.2 Å². The van der Waals surface area contributed by atoms with Crippen molar-refractivity contribution in [1.29, 1.82) is 0 Å². The molecule has 2 amide bonds. The van der Waals surface area contributed by atoms with Crippen molar-refractivity contribution in [2.45, 2.75) is 6.92 Å². The number of rotatable bonds is 5. The molecule has 0 bridgehead atoms. The Balaban J connectivity index is 2.55. The second kappa shape index (κ2) is 7.40. The van der Waals surface area contributed by atoms with Gasteiger partial charge in [0.1, 0.15) is 0 Å². The zero-order valence-electron chi connectivity index (χ0n) is 11.9.